The Bertz CT molecular complexity index is 252. The van der Waals surface area contributed by atoms with Crippen molar-refractivity contribution in [1.29, 1.82) is 0 Å². The van der Waals surface area contributed by atoms with Gasteiger partial charge in [0.15, 0.2) is 5.96 Å². The Kier molecular flexibility index (Phi) is 19.7. The Hall–Kier alpha value is -1.26. The third kappa shape index (κ3) is 27.8. The smallest absolute Gasteiger partial charge is 0.188 e. The molecule has 0 saturated heterocycles. The summed E-state index contributed by atoms with van der Waals surface area (Å²) >= 11 is 0. The number of unbranched alkanes of at least 4 members (excludes halogenated alkanes) is 9. The fraction of sp³-hybridized carbons (Fsp3) is 0.875. The van der Waals surface area contributed by atoms with Gasteiger partial charge < -0.3 is 21.0 Å². The van der Waals surface area contributed by atoms with E-state index in [9.17, 15) is 0 Å². The molecule has 0 radical (unpaired) electrons. The number of nitrogens with one attached hydrogen (secondary N) is 1. The van der Waals surface area contributed by atoms with Gasteiger partial charge in [0.05, 0.1) is 0 Å². The molecule has 0 aliphatic heterocycles. The first-order valence-electron chi connectivity index (χ1n) is 8.18. The number of hydrogen-bond acceptors (Lipinski definition) is 3. The van der Waals surface area contributed by atoms with Crippen LogP contribution in [0.5, 0.6) is 0 Å². The van der Waals surface area contributed by atoms with E-state index in [4.69, 9.17) is 15.6 Å². The van der Waals surface area contributed by atoms with Crippen molar-refractivity contribution in [3.8, 4) is 0 Å². The van der Waals surface area contributed by atoms with Gasteiger partial charge in [0.25, 0.3) is 0 Å². The van der Waals surface area contributed by atoms with Crippen molar-refractivity contribution in [1.82, 2.24) is 5.32 Å². The SMILES string of the molecule is CC(=O)[O-].CCCCCCCCCCCCNC(N)=NC. The maximum Gasteiger partial charge on any atom is 0.188 e. The largest absolute Gasteiger partial charge is 0.550 e. The number of hydrogen-bond donors (Lipinski definition) is 2. The molecule has 0 spiro atoms. The first kappa shape index (κ1) is 22.0. The molecule has 0 rings (SSSR count). The Morgan fingerprint density at radius 3 is 1.76 bits per heavy atom. The molecule has 0 aromatic heterocycles. The highest BCUT2D eigenvalue weighted by molar-refractivity contribution is 5.77. The fourth-order valence-electron chi connectivity index (χ4n) is 1.91. The van der Waals surface area contributed by atoms with E-state index in [1.165, 1.54) is 64.2 Å². The molecule has 0 aliphatic rings. The molecule has 0 atom stereocenters. The molecule has 0 aromatic rings. The lowest BCUT2D eigenvalue weighted by Crippen LogP contribution is -2.31. The number of aliphatic imine (C=N–C) groups is 1. The van der Waals surface area contributed by atoms with Crippen molar-refractivity contribution in [3.05, 3.63) is 0 Å². The van der Waals surface area contributed by atoms with Crippen molar-refractivity contribution in [3.63, 3.8) is 0 Å². The second kappa shape index (κ2) is 18.7. The minimum Gasteiger partial charge on any atom is -0.550 e. The van der Waals surface area contributed by atoms with Gasteiger partial charge in [0.1, 0.15) is 0 Å². The normalized spacial score (nSPS) is 10.7. The quantitative estimate of drug-likeness (QED) is 0.348. The molecular weight excluding hydrogens is 266 g/mol. The van der Waals surface area contributed by atoms with Crippen molar-refractivity contribution >= 4 is 11.9 Å². The van der Waals surface area contributed by atoms with Crippen LogP contribution in [-0.2, 0) is 4.79 Å². The Labute approximate surface area is 130 Å². The van der Waals surface area contributed by atoms with Crippen LogP contribution >= 0.6 is 0 Å². The summed E-state index contributed by atoms with van der Waals surface area (Å²) in [6.45, 7) is 4.20. The van der Waals surface area contributed by atoms with Crippen molar-refractivity contribution < 1.29 is 9.90 Å². The summed E-state index contributed by atoms with van der Waals surface area (Å²) in [6.07, 6.45) is 13.7. The average Bonchev–Trinajstić information content (AvgIpc) is 2.43. The second-order valence-corrected chi connectivity index (χ2v) is 5.21. The lowest BCUT2D eigenvalue weighted by atomic mass is 10.1. The number of carbonyl (C=O) groups excluding carboxylic acids is 1. The summed E-state index contributed by atoms with van der Waals surface area (Å²) in [6, 6.07) is 0. The number of nitrogens with zero attached hydrogens (tertiary/aromatic N) is 1. The number of carboxylic acids is 1. The Morgan fingerprint density at radius 1 is 1.00 bits per heavy atom. The molecule has 126 valence electrons. The summed E-state index contributed by atoms with van der Waals surface area (Å²) < 4.78 is 0. The van der Waals surface area contributed by atoms with Crippen molar-refractivity contribution in [2.24, 2.45) is 10.7 Å². The van der Waals surface area contributed by atoms with Crippen LogP contribution in [0.1, 0.15) is 78.1 Å². The molecule has 21 heavy (non-hydrogen) atoms. The summed E-state index contributed by atoms with van der Waals surface area (Å²) in [5, 5.41) is 12.0. The van der Waals surface area contributed by atoms with Gasteiger partial charge >= 0.3 is 0 Å². The third-order valence-corrected chi connectivity index (χ3v) is 3.08. The summed E-state index contributed by atoms with van der Waals surface area (Å²) in [5.41, 5.74) is 5.53. The van der Waals surface area contributed by atoms with Gasteiger partial charge in [-0.3, -0.25) is 4.99 Å². The van der Waals surface area contributed by atoms with Crippen molar-refractivity contribution in [2.75, 3.05) is 13.6 Å². The van der Waals surface area contributed by atoms with Crippen LogP contribution < -0.4 is 16.2 Å². The highest BCUT2D eigenvalue weighted by Crippen LogP contribution is 2.10. The fourth-order valence-corrected chi connectivity index (χ4v) is 1.91. The zero-order valence-electron chi connectivity index (χ0n) is 14.1. The van der Waals surface area contributed by atoms with Gasteiger partial charge in [0, 0.05) is 19.6 Å². The Morgan fingerprint density at radius 2 is 1.38 bits per heavy atom. The molecule has 0 heterocycles. The minimum absolute atomic E-state index is 0.556. The second-order valence-electron chi connectivity index (χ2n) is 5.21. The molecule has 0 amide bonds. The molecule has 5 nitrogen and oxygen atoms in total. The van der Waals surface area contributed by atoms with E-state index in [1.807, 2.05) is 0 Å². The molecule has 0 unspecified atom stereocenters. The van der Waals surface area contributed by atoms with Crippen LogP contribution in [0.25, 0.3) is 0 Å². The summed E-state index contributed by atoms with van der Waals surface area (Å²) in [4.78, 5) is 12.7. The van der Waals surface area contributed by atoms with E-state index < -0.39 is 5.97 Å². The van der Waals surface area contributed by atoms with Crippen LogP contribution in [0, 0.1) is 0 Å². The van der Waals surface area contributed by atoms with Gasteiger partial charge in [-0.25, -0.2) is 0 Å². The molecule has 3 N–H and O–H groups in total. The lowest BCUT2D eigenvalue weighted by molar-refractivity contribution is -0.302. The van der Waals surface area contributed by atoms with Crippen LogP contribution in [0.4, 0.5) is 0 Å². The molecule has 0 saturated carbocycles. The van der Waals surface area contributed by atoms with Crippen LogP contribution in [0.3, 0.4) is 0 Å². The van der Waals surface area contributed by atoms with Gasteiger partial charge in [-0.2, -0.15) is 0 Å². The van der Waals surface area contributed by atoms with E-state index in [-0.39, 0.29) is 0 Å². The zero-order chi connectivity index (χ0) is 16.3. The summed E-state index contributed by atoms with van der Waals surface area (Å²) in [7, 11) is 1.71. The maximum atomic E-state index is 8.89. The molecule has 0 aliphatic carbocycles. The van der Waals surface area contributed by atoms with Crippen LogP contribution in [0.15, 0.2) is 4.99 Å². The number of carboxylic acid groups (broad SMARTS) is 1. The van der Waals surface area contributed by atoms with Gasteiger partial charge in [-0.15, -0.1) is 0 Å². The number of rotatable bonds is 11. The monoisotopic (exact) mass is 300 g/mol. The standard InChI is InChI=1S/C14H31N3.C2H4O2/c1-3-4-5-6-7-8-9-10-11-12-13-17-14(15)16-2;1-2(3)4/h3-13H2,1-2H3,(H3,15,16,17);1H3,(H,3,4)/p-1. The number of nitrogens with two attached hydrogens (primary N) is 1. The van der Waals surface area contributed by atoms with E-state index >= 15 is 0 Å². The van der Waals surface area contributed by atoms with E-state index in [0.717, 1.165) is 13.5 Å². The Balaban J connectivity index is 0. The molecular formula is C16H34N3O2-. The molecule has 0 fully saturated rings. The average molecular weight is 300 g/mol. The highest BCUT2D eigenvalue weighted by atomic mass is 16.4. The lowest BCUT2D eigenvalue weighted by Gasteiger charge is -2.04. The minimum atomic E-state index is -1.08. The number of carbonyl (C=O) groups is 1. The molecule has 0 aromatic carbocycles. The first-order valence-corrected chi connectivity index (χ1v) is 8.18. The van der Waals surface area contributed by atoms with Crippen LogP contribution in [0.2, 0.25) is 0 Å². The van der Waals surface area contributed by atoms with Gasteiger partial charge in [0.2, 0.25) is 0 Å². The predicted molar refractivity (Wildman–Crippen MR) is 88.1 cm³/mol. The molecule has 5 heteroatoms. The summed E-state index contributed by atoms with van der Waals surface area (Å²) in [5.74, 6) is -0.527. The molecule has 0 bridgehead atoms. The van der Waals surface area contributed by atoms with E-state index in [2.05, 4.69) is 17.2 Å². The maximum absolute atomic E-state index is 8.89. The highest BCUT2D eigenvalue weighted by Gasteiger charge is 1.93. The number of guanidine groups is 1. The van der Waals surface area contributed by atoms with Gasteiger partial charge in [-0.05, 0) is 13.3 Å². The predicted octanol–water partition coefficient (Wildman–Crippen LogP) is 2.20. The van der Waals surface area contributed by atoms with E-state index in [0.29, 0.717) is 5.96 Å². The van der Waals surface area contributed by atoms with Crippen molar-refractivity contribution in [2.45, 2.75) is 78.1 Å². The topological polar surface area (TPSA) is 90.5 Å². The van der Waals surface area contributed by atoms with Gasteiger partial charge in [-0.1, -0.05) is 64.7 Å². The van der Waals surface area contributed by atoms with E-state index in [1.54, 1.807) is 7.05 Å². The third-order valence-electron chi connectivity index (χ3n) is 3.08. The number of aliphatic carboxylic acids is 1. The zero-order valence-corrected chi connectivity index (χ0v) is 14.1. The van der Waals surface area contributed by atoms with Crippen LogP contribution in [-0.4, -0.2) is 25.5 Å². The first-order chi connectivity index (χ1) is 10.0.